The topological polar surface area (TPSA) is 104 Å². The highest BCUT2D eigenvalue weighted by Crippen LogP contribution is 2.47. The lowest BCUT2D eigenvalue weighted by molar-refractivity contribution is -0.0537. The molecule has 0 spiro atoms. The SMILES string of the molecule is CCCc1nc2c(C)ccnc2n1Cc1ccc2c(c1)OC(c1ccc(C)cc1)(c1nn[nH]n1)O2. The van der Waals surface area contributed by atoms with E-state index in [4.69, 9.17) is 14.5 Å². The number of tetrazole rings is 1. The number of imidazole rings is 1. The number of nitrogens with one attached hydrogen (secondary N) is 1. The highest BCUT2D eigenvalue weighted by molar-refractivity contribution is 5.75. The molecule has 0 saturated heterocycles. The van der Waals surface area contributed by atoms with Gasteiger partial charge in [-0.2, -0.15) is 5.21 Å². The van der Waals surface area contributed by atoms with Crippen molar-refractivity contribution in [3.63, 3.8) is 0 Å². The minimum absolute atomic E-state index is 0.310. The summed E-state index contributed by atoms with van der Waals surface area (Å²) in [5.74, 6) is 1.28. The number of nitrogens with zero attached hydrogens (tertiary/aromatic N) is 6. The number of fused-ring (bicyclic) bond motifs is 2. The highest BCUT2D eigenvalue weighted by atomic mass is 16.7. The van der Waals surface area contributed by atoms with Gasteiger partial charge in [0.25, 0.3) is 5.82 Å². The monoisotopic (exact) mass is 467 g/mol. The number of rotatable bonds is 6. The van der Waals surface area contributed by atoms with E-state index in [0.29, 0.717) is 23.9 Å². The Hall–Kier alpha value is -4.27. The number of ether oxygens (including phenoxy) is 2. The van der Waals surface area contributed by atoms with E-state index < -0.39 is 5.79 Å². The third-order valence-electron chi connectivity index (χ3n) is 6.32. The van der Waals surface area contributed by atoms with Crippen LogP contribution in [-0.4, -0.2) is 35.2 Å². The maximum absolute atomic E-state index is 6.46. The Morgan fingerprint density at radius 2 is 1.83 bits per heavy atom. The van der Waals surface area contributed by atoms with Crippen LogP contribution in [0.1, 0.15) is 47.2 Å². The quantitative estimate of drug-likeness (QED) is 0.398. The zero-order valence-electron chi connectivity index (χ0n) is 19.8. The van der Waals surface area contributed by atoms with Gasteiger partial charge in [-0.1, -0.05) is 42.8 Å². The van der Waals surface area contributed by atoms with E-state index in [1.165, 1.54) is 0 Å². The van der Waals surface area contributed by atoms with E-state index >= 15 is 0 Å². The summed E-state index contributed by atoms with van der Waals surface area (Å²) in [5.41, 5.74) is 5.95. The van der Waals surface area contributed by atoms with Gasteiger partial charge in [0.1, 0.15) is 11.3 Å². The van der Waals surface area contributed by atoms with Crippen molar-refractivity contribution in [1.29, 1.82) is 0 Å². The van der Waals surface area contributed by atoms with Gasteiger partial charge in [0.15, 0.2) is 17.1 Å². The van der Waals surface area contributed by atoms with Crippen molar-refractivity contribution in [3.05, 3.63) is 88.6 Å². The van der Waals surface area contributed by atoms with Crippen molar-refractivity contribution in [2.24, 2.45) is 0 Å². The summed E-state index contributed by atoms with van der Waals surface area (Å²) in [6.07, 6.45) is 3.73. The lowest BCUT2D eigenvalue weighted by Gasteiger charge is -2.24. The number of aromatic nitrogens is 7. The Bertz CT molecular complexity index is 1510. The molecule has 0 amide bonds. The number of hydrogen-bond donors (Lipinski definition) is 1. The van der Waals surface area contributed by atoms with Crippen molar-refractivity contribution in [1.82, 2.24) is 35.2 Å². The second kappa shape index (κ2) is 8.19. The average Bonchev–Trinajstić information content (AvgIpc) is 3.59. The number of aromatic amines is 1. The molecule has 176 valence electrons. The van der Waals surface area contributed by atoms with Gasteiger partial charge >= 0.3 is 5.79 Å². The predicted molar refractivity (Wildman–Crippen MR) is 129 cm³/mol. The highest BCUT2D eigenvalue weighted by Gasteiger charge is 2.49. The van der Waals surface area contributed by atoms with Crippen LogP contribution in [0.5, 0.6) is 11.5 Å². The molecule has 35 heavy (non-hydrogen) atoms. The molecule has 4 heterocycles. The Kier molecular flexibility index (Phi) is 4.98. The lowest BCUT2D eigenvalue weighted by Crippen LogP contribution is -2.38. The first-order valence-corrected chi connectivity index (χ1v) is 11.7. The third kappa shape index (κ3) is 3.51. The second-order valence-electron chi connectivity index (χ2n) is 8.87. The maximum Gasteiger partial charge on any atom is 0.344 e. The Morgan fingerprint density at radius 3 is 2.60 bits per heavy atom. The van der Waals surface area contributed by atoms with E-state index in [1.807, 2.05) is 61.7 Å². The summed E-state index contributed by atoms with van der Waals surface area (Å²) in [4.78, 5) is 9.53. The van der Waals surface area contributed by atoms with Crippen LogP contribution in [0.4, 0.5) is 0 Å². The molecular formula is C26H25N7O2. The van der Waals surface area contributed by atoms with Gasteiger partial charge in [0, 0.05) is 18.2 Å². The smallest absolute Gasteiger partial charge is 0.344 e. The predicted octanol–water partition coefficient (Wildman–Crippen LogP) is 4.23. The van der Waals surface area contributed by atoms with Gasteiger partial charge in [0.05, 0.1) is 6.54 Å². The molecule has 1 N–H and O–H groups in total. The molecule has 2 aromatic carbocycles. The number of hydrogen-bond acceptors (Lipinski definition) is 7. The van der Waals surface area contributed by atoms with Crippen LogP contribution >= 0.6 is 0 Å². The first-order valence-electron chi connectivity index (χ1n) is 11.7. The van der Waals surface area contributed by atoms with Gasteiger partial charge < -0.3 is 14.0 Å². The molecule has 1 unspecified atom stereocenters. The fourth-order valence-electron chi connectivity index (χ4n) is 4.50. The summed E-state index contributed by atoms with van der Waals surface area (Å²) in [6.45, 7) is 6.89. The number of aryl methyl sites for hydroxylation is 3. The molecule has 9 nitrogen and oxygen atoms in total. The van der Waals surface area contributed by atoms with Crippen LogP contribution in [0, 0.1) is 13.8 Å². The molecule has 9 heteroatoms. The summed E-state index contributed by atoms with van der Waals surface area (Å²) >= 11 is 0. The maximum atomic E-state index is 6.46. The van der Waals surface area contributed by atoms with Crippen LogP contribution in [0.25, 0.3) is 11.2 Å². The molecule has 0 saturated carbocycles. The second-order valence-corrected chi connectivity index (χ2v) is 8.87. The molecule has 1 atom stereocenters. The molecule has 1 aliphatic heterocycles. The molecule has 3 aromatic heterocycles. The van der Waals surface area contributed by atoms with Gasteiger partial charge in [-0.3, -0.25) is 0 Å². The zero-order chi connectivity index (χ0) is 24.0. The van der Waals surface area contributed by atoms with E-state index in [1.54, 1.807) is 0 Å². The Balaban J connectivity index is 1.39. The van der Waals surface area contributed by atoms with Crippen molar-refractivity contribution in [2.75, 3.05) is 0 Å². The summed E-state index contributed by atoms with van der Waals surface area (Å²) in [5, 5.41) is 14.6. The zero-order valence-corrected chi connectivity index (χ0v) is 19.8. The first kappa shape index (κ1) is 21.3. The molecule has 0 fully saturated rings. The number of H-pyrrole nitrogens is 1. The molecule has 0 bridgehead atoms. The molecule has 6 rings (SSSR count). The summed E-state index contributed by atoms with van der Waals surface area (Å²) in [7, 11) is 0. The van der Waals surface area contributed by atoms with Gasteiger partial charge in [0.2, 0.25) is 0 Å². The Morgan fingerprint density at radius 1 is 1.00 bits per heavy atom. The lowest BCUT2D eigenvalue weighted by atomic mass is 10.0. The van der Waals surface area contributed by atoms with Gasteiger partial charge in [-0.25, -0.2) is 9.97 Å². The first-order chi connectivity index (χ1) is 17.1. The fraction of sp³-hybridized carbons (Fsp3) is 0.269. The van der Waals surface area contributed by atoms with Crippen molar-refractivity contribution >= 4 is 11.2 Å². The van der Waals surface area contributed by atoms with E-state index in [2.05, 4.69) is 44.0 Å². The normalized spacial score (nSPS) is 16.8. The summed E-state index contributed by atoms with van der Waals surface area (Å²) < 4.78 is 15.0. The third-order valence-corrected chi connectivity index (χ3v) is 6.32. The van der Waals surface area contributed by atoms with E-state index in [-0.39, 0.29) is 0 Å². The minimum Gasteiger partial charge on any atom is -0.438 e. The summed E-state index contributed by atoms with van der Waals surface area (Å²) in [6, 6.07) is 15.9. The van der Waals surface area contributed by atoms with Gasteiger partial charge in [-0.05, 0) is 54.8 Å². The molecule has 0 radical (unpaired) electrons. The standard InChI is InChI=1S/C26H25N7O2/c1-4-5-22-28-23-17(3)12-13-27-24(23)33(22)15-18-8-11-20-21(14-18)35-26(34-20,25-29-31-32-30-25)19-9-6-16(2)7-10-19/h6-14H,4-5,15H2,1-3H3,(H,29,30,31,32). The van der Waals surface area contributed by atoms with E-state index in [0.717, 1.165) is 52.1 Å². The van der Waals surface area contributed by atoms with Crippen molar-refractivity contribution in [2.45, 2.75) is 45.9 Å². The largest absolute Gasteiger partial charge is 0.438 e. The fourth-order valence-corrected chi connectivity index (χ4v) is 4.50. The van der Waals surface area contributed by atoms with Crippen LogP contribution in [0.3, 0.4) is 0 Å². The van der Waals surface area contributed by atoms with Crippen LogP contribution in [0.2, 0.25) is 0 Å². The molecule has 1 aliphatic rings. The minimum atomic E-state index is -1.31. The average molecular weight is 468 g/mol. The van der Waals surface area contributed by atoms with Crippen LogP contribution in [0.15, 0.2) is 54.7 Å². The molecular weight excluding hydrogens is 442 g/mol. The van der Waals surface area contributed by atoms with Crippen molar-refractivity contribution in [3.8, 4) is 11.5 Å². The van der Waals surface area contributed by atoms with E-state index in [9.17, 15) is 0 Å². The van der Waals surface area contributed by atoms with Crippen molar-refractivity contribution < 1.29 is 9.47 Å². The van der Waals surface area contributed by atoms with Crippen LogP contribution in [-0.2, 0) is 18.8 Å². The molecule has 5 aromatic rings. The number of benzene rings is 2. The van der Waals surface area contributed by atoms with Crippen LogP contribution < -0.4 is 9.47 Å². The van der Waals surface area contributed by atoms with Gasteiger partial charge in [-0.15, -0.1) is 10.2 Å². The number of pyridine rings is 1. The Labute approximate surface area is 202 Å². The molecule has 0 aliphatic carbocycles.